The maximum absolute atomic E-state index is 12.7. The Balaban J connectivity index is 2.03. The van der Waals surface area contributed by atoms with Gasteiger partial charge in [0.1, 0.15) is 0 Å². The molecule has 1 aliphatic heterocycles. The average molecular weight is 290 g/mol. The third-order valence-electron chi connectivity index (χ3n) is 4.09. The van der Waals surface area contributed by atoms with Crippen molar-refractivity contribution < 1.29 is 9.90 Å². The number of carbonyl (C=O) groups excluding carboxylic acids is 1. The number of nitrogens with zero attached hydrogens (tertiary/aromatic N) is 2. The first-order chi connectivity index (χ1) is 10.3. The van der Waals surface area contributed by atoms with Crippen molar-refractivity contribution >= 4 is 11.6 Å². The molecule has 0 bridgehead atoms. The molecule has 1 aromatic carbocycles. The monoisotopic (exact) mass is 290 g/mol. The molecule has 0 radical (unpaired) electrons. The van der Waals surface area contributed by atoms with Gasteiger partial charge in [-0.2, -0.15) is 0 Å². The van der Waals surface area contributed by atoms with E-state index >= 15 is 0 Å². The normalized spacial score (nSPS) is 18.7. The Hall–Kier alpha value is -1.39. The van der Waals surface area contributed by atoms with Gasteiger partial charge in [-0.1, -0.05) is 31.5 Å². The van der Waals surface area contributed by atoms with Crippen LogP contribution in [0.15, 0.2) is 30.3 Å². The Morgan fingerprint density at radius 3 is 2.62 bits per heavy atom. The SMILES string of the molecule is CCCCN(CCCO)C1CCN(c2ccccc2)C1=O. The summed E-state index contributed by atoms with van der Waals surface area (Å²) in [6.45, 7) is 4.88. The molecule has 21 heavy (non-hydrogen) atoms. The van der Waals surface area contributed by atoms with E-state index in [1.807, 2.05) is 35.2 Å². The molecular formula is C17H26N2O2. The molecule has 2 rings (SSSR count). The van der Waals surface area contributed by atoms with Crippen LogP contribution >= 0.6 is 0 Å². The molecule has 1 fully saturated rings. The van der Waals surface area contributed by atoms with E-state index in [1.165, 1.54) is 0 Å². The molecule has 116 valence electrons. The summed E-state index contributed by atoms with van der Waals surface area (Å²) >= 11 is 0. The lowest BCUT2D eigenvalue weighted by atomic mass is 10.1. The Morgan fingerprint density at radius 1 is 1.24 bits per heavy atom. The highest BCUT2D eigenvalue weighted by molar-refractivity contribution is 5.99. The third-order valence-corrected chi connectivity index (χ3v) is 4.09. The number of carbonyl (C=O) groups is 1. The summed E-state index contributed by atoms with van der Waals surface area (Å²) in [7, 11) is 0. The first-order valence-electron chi connectivity index (χ1n) is 7.99. The van der Waals surface area contributed by atoms with Crippen molar-refractivity contribution in [2.75, 3.05) is 31.1 Å². The van der Waals surface area contributed by atoms with E-state index < -0.39 is 0 Å². The minimum Gasteiger partial charge on any atom is -0.396 e. The van der Waals surface area contributed by atoms with Gasteiger partial charge >= 0.3 is 0 Å². The first kappa shape index (κ1) is 16.0. The summed E-state index contributed by atoms with van der Waals surface area (Å²) in [5.41, 5.74) is 0.989. The number of benzene rings is 1. The molecule has 1 unspecified atom stereocenters. The summed E-state index contributed by atoms with van der Waals surface area (Å²) in [5, 5.41) is 9.06. The van der Waals surface area contributed by atoms with Crippen molar-refractivity contribution in [1.29, 1.82) is 0 Å². The van der Waals surface area contributed by atoms with Crippen molar-refractivity contribution in [3.63, 3.8) is 0 Å². The first-order valence-corrected chi connectivity index (χ1v) is 7.99. The highest BCUT2D eigenvalue weighted by atomic mass is 16.3. The van der Waals surface area contributed by atoms with Gasteiger partial charge < -0.3 is 10.0 Å². The van der Waals surface area contributed by atoms with Crippen molar-refractivity contribution in [2.45, 2.75) is 38.6 Å². The molecule has 0 aliphatic carbocycles. The maximum atomic E-state index is 12.7. The number of unbranched alkanes of at least 4 members (excludes halogenated alkanes) is 1. The van der Waals surface area contributed by atoms with Crippen molar-refractivity contribution in [3.05, 3.63) is 30.3 Å². The van der Waals surface area contributed by atoms with Crippen LogP contribution in [0, 0.1) is 0 Å². The number of aliphatic hydroxyl groups excluding tert-OH is 1. The Kier molecular flexibility index (Phi) is 6.21. The topological polar surface area (TPSA) is 43.8 Å². The van der Waals surface area contributed by atoms with Crippen molar-refractivity contribution in [3.8, 4) is 0 Å². The fraction of sp³-hybridized carbons (Fsp3) is 0.588. The predicted molar refractivity (Wildman–Crippen MR) is 85.4 cm³/mol. The number of hydrogen-bond donors (Lipinski definition) is 1. The van der Waals surface area contributed by atoms with E-state index in [9.17, 15) is 4.79 Å². The summed E-state index contributed by atoms with van der Waals surface area (Å²) in [6.07, 6.45) is 3.83. The molecule has 0 spiro atoms. The molecule has 1 heterocycles. The molecule has 4 heteroatoms. The number of anilines is 1. The summed E-state index contributed by atoms with van der Waals surface area (Å²) in [6, 6.07) is 9.86. The lowest BCUT2D eigenvalue weighted by Crippen LogP contribution is -2.43. The highest BCUT2D eigenvalue weighted by Crippen LogP contribution is 2.24. The minimum atomic E-state index is -0.0247. The van der Waals surface area contributed by atoms with Gasteiger partial charge in [-0.15, -0.1) is 0 Å². The van der Waals surface area contributed by atoms with Gasteiger partial charge in [-0.25, -0.2) is 0 Å². The standard InChI is InChI=1S/C17H26N2O2/c1-2-3-11-18(12-7-14-20)16-10-13-19(17(16)21)15-8-5-4-6-9-15/h4-6,8-9,16,20H,2-3,7,10-14H2,1H3. The zero-order chi connectivity index (χ0) is 15.1. The van der Waals surface area contributed by atoms with Gasteiger partial charge in [0, 0.05) is 25.4 Å². The second-order valence-electron chi connectivity index (χ2n) is 5.60. The minimum absolute atomic E-state index is 0.0247. The number of amides is 1. The van der Waals surface area contributed by atoms with Crippen LogP contribution in [0.4, 0.5) is 5.69 Å². The Morgan fingerprint density at radius 2 is 1.95 bits per heavy atom. The number of para-hydroxylation sites is 1. The number of aliphatic hydroxyl groups is 1. The van der Waals surface area contributed by atoms with E-state index in [-0.39, 0.29) is 18.6 Å². The molecule has 1 saturated heterocycles. The zero-order valence-electron chi connectivity index (χ0n) is 12.9. The van der Waals surface area contributed by atoms with Gasteiger partial charge in [0.2, 0.25) is 5.91 Å². The van der Waals surface area contributed by atoms with E-state index in [0.29, 0.717) is 0 Å². The van der Waals surface area contributed by atoms with Crippen LogP contribution in [0.25, 0.3) is 0 Å². The summed E-state index contributed by atoms with van der Waals surface area (Å²) < 4.78 is 0. The fourth-order valence-electron chi connectivity index (χ4n) is 2.93. The van der Waals surface area contributed by atoms with Crippen LogP contribution in [0.5, 0.6) is 0 Å². The van der Waals surface area contributed by atoms with Gasteiger partial charge in [0.15, 0.2) is 0 Å². The molecule has 1 amide bonds. The molecular weight excluding hydrogens is 264 g/mol. The van der Waals surface area contributed by atoms with Crippen LogP contribution in [0.1, 0.15) is 32.6 Å². The van der Waals surface area contributed by atoms with Crippen LogP contribution in [-0.4, -0.2) is 48.2 Å². The predicted octanol–water partition coefficient (Wildman–Crippen LogP) is 2.28. The number of hydrogen-bond acceptors (Lipinski definition) is 3. The van der Waals surface area contributed by atoms with Gasteiger partial charge in [-0.3, -0.25) is 9.69 Å². The molecule has 1 aromatic rings. The van der Waals surface area contributed by atoms with E-state index in [2.05, 4.69) is 11.8 Å². The van der Waals surface area contributed by atoms with Crippen LogP contribution in [-0.2, 0) is 4.79 Å². The van der Waals surface area contributed by atoms with Gasteiger partial charge in [0.25, 0.3) is 0 Å². The van der Waals surface area contributed by atoms with Crippen LogP contribution < -0.4 is 4.90 Å². The second-order valence-corrected chi connectivity index (χ2v) is 5.60. The van der Waals surface area contributed by atoms with E-state index in [0.717, 1.165) is 51.0 Å². The molecule has 0 aromatic heterocycles. The Labute approximate surface area is 127 Å². The summed E-state index contributed by atoms with van der Waals surface area (Å²) in [4.78, 5) is 16.8. The van der Waals surface area contributed by atoms with Gasteiger partial charge in [-0.05, 0) is 37.9 Å². The summed E-state index contributed by atoms with van der Waals surface area (Å²) in [5.74, 6) is 0.204. The van der Waals surface area contributed by atoms with Gasteiger partial charge in [0.05, 0.1) is 6.04 Å². The van der Waals surface area contributed by atoms with Crippen molar-refractivity contribution in [1.82, 2.24) is 4.90 Å². The number of rotatable bonds is 8. The second kappa shape index (κ2) is 8.15. The maximum Gasteiger partial charge on any atom is 0.244 e. The lowest BCUT2D eigenvalue weighted by Gasteiger charge is -2.27. The smallest absolute Gasteiger partial charge is 0.244 e. The average Bonchev–Trinajstić information content (AvgIpc) is 2.90. The van der Waals surface area contributed by atoms with Crippen molar-refractivity contribution in [2.24, 2.45) is 0 Å². The Bertz CT molecular complexity index is 428. The lowest BCUT2D eigenvalue weighted by molar-refractivity contribution is -0.121. The highest BCUT2D eigenvalue weighted by Gasteiger charge is 2.35. The molecule has 4 nitrogen and oxygen atoms in total. The van der Waals surface area contributed by atoms with Crippen LogP contribution in [0.3, 0.4) is 0 Å². The molecule has 1 N–H and O–H groups in total. The fourth-order valence-corrected chi connectivity index (χ4v) is 2.93. The van der Waals surface area contributed by atoms with Crippen LogP contribution in [0.2, 0.25) is 0 Å². The largest absolute Gasteiger partial charge is 0.396 e. The molecule has 1 aliphatic rings. The zero-order valence-corrected chi connectivity index (χ0v) is 12.9. The van der Waals surface area contributed by atoms with E-state index in [1.54, 1.807) is 0 Å². The molecule has 0 saturated carbocycles. The quantitative estimate of drug-likeness (QED) is 0.799. The third kappa shape index (κ3) is 4.05. The molecule has 1 atom stereocenters. The van der Waals surface area contributed by atoms with E-state index in [4.69, 9.17) is 5.11 Å².